The van der Waals surface area contributed by atoms with Crippen LogP contribution in [0.4, 0.5) is 0 Å². The molecule has 3 N–H and O–H groups in total. The Balaban J connectivity index is 1.81. The first-order valence-corrected chi connectivity index (χ1v) is 12.2. The Morgan fingerprint density at radius 3 is 2.37 bits per heavy atom. The van der Waals surface area contributed by atoms with Crippen LogP contribution in [-0.4, -0.2) is 46.2 Å². The lowest BCUT2D eigenvalue weighted by Crippen LogP contribution is -2.44. The average Bonchev–Trinajstić information content (AvgIpc) is 3.15. The fourth-order valence-corrected chi connectivity index (χ4v) is 4.98. The minimum absolute atomic E-state index is 0.00159. The van der Waals surface area contributed by atoms with Crippen molar-refractivity contribution in [3.8, 4) is 17.2 Å². The van der Waals surface area contributed by atoms with E-state index >= 15 is 0 Å². The molecule has 1 aliphatic carbocycles. The van der Waals surface area contributed by atoms with Gasteiger partial charge in [0.25, 0.3) is 0 Å². The van der Waals surface area contributed by atoms with E-state index < -0.39 is 46.3 Å². The Hall–Kier alpha value is -4.40. The molecule has 0 saturated carbocycles. The van der Waals surface area contributed by atoms with Crippen molar-refractivity contribution in [2.75, 3.05) is 6.61 Å². The van der Waals surface area contributed by atoms with Gasteiger partial charge in [-0.25, -0.2) is 4.79 Å². The van der Waals surface area contributed by atoms with E-state index in [-0.39, 0.29) is 52.5 Å². The quantitative estimate of drug-likeness (QED) is 0.217. The minimum Gasteiger partial charge on any atom is -0.507 e. The monoisotopic (exact) mass is 519 g/mol. The SMILES string of the molecule is CCOC(=O)[C@H](Cc1ccccc1)N/C(C)=C1\C(=O)C=C2Oc3c(C(C)=O)c(O)c(C)c(O)c3[C@@]2(C)C1=O. The summed E-state index contributed by atoms with van der Waals surface area (Å²) < 4.78 is 11.0. The third kappa shape index (κ3) is 4.13. The summed E-state index contributed by atoms with van der Waals surface area (Å²) in [5, 5.41) is 24.5. The molecule has 0 bridgehead atoms. The second kappa shape index (κ2) is 9.81. The predicted molar refractivity (Wildman–Crippen MR) is 137 cm³/mol. The molecule has 1 heterocycles. The Bertz CT molecular complexity index is 1440. The van der Waals surface area contributed by atoms with Crippen molar-refractivity contribution in [2.45, 2.75) is 52.5 Å². The smallest absolute Gasteiger partial charge is 0.328 e. The molecule has 4 rings (SSSR count). The number of fused-ring (bicyclic) bond motifs is 3. The van der Waals surface area contributed by atoms with Gasteiger partial charge in [-0.3, -0.25) is 14.4 Å². The van der Waals surface area contributed by atoms with Gasteiger partial charge in [0.2, 0.25) is 0 Å². The van der Waals surface area contributed by atoms with E-state index in [1.807, 2.05) is 30.3 Å². The Kier molecular flexibility index (Phi) is 6.88. The molecule has 0 fully saturated rings. The molecule has 2 aromatic carbocycles. The van der Waals surface area contributed by atoms with Gasteiger partial charge in [0, 0.05) is 23.8 Å². The van der Waals surface area contributed by atoms with Crippen LogP contribution in [0, 0.1) is 6.92 Å². The summed E-state index contributed by atoms with van der Waals surface area (Å²) in [6, 6.07) is 8.34. The second-order valence-corrected chi connectivity index (χ2v) is 9.53. The number of Topliss-reactive ketones (excluding diaryl/α,β-unsaturated/α-hetero) is 2. The summed E-state index contributed by atoms with van der Waals surface area (Å²) in [6.07, 6.45) is 1.38. The first-order chi connectivity index (χ1) is 17.9. The number of aromatic hydroxyl groups is 2. The molecule has 0 amide bonds. The highest BCUT2D eigenvalue weighted by molar-refractivity contribution is 6.31. The number of nitrogens with one attached hydrogen (secondary N) is 1. The number of ether oxygens (including phenoxy) is 2. The van der Waals surface area contributed by atoms with E-state index in [9.17, 15) is 29.4 Å². The van der Waals surface area contributed by atoms with Crippen LogP contribution in [-0.2, 0) is 31.0 Å². The van der Waals surface area contributed by atoms with Crippen molar-refractivity contribution >= 4 is 23.3 Å². The van der Waals surface area contributed by atoms with Crippen LogP contribution < -0.4 is 10.1 Å². The van der Waals surface area contributed by atoms with Gasteiger partial charge in [0.05, 0.1) is 17.7 Å². The van der Waals surface area contributed by atoms with Gasteiger partial charge in [0.15, 0.2) is 17.3 Å². The third-order valence-electron chi connectivity index (χ3n) is 7.00. The molecule has 1 aliphatic heterocycles. The van der Waals surface area contributed by atoms with E-state index in [2.05, 4.69) is 5.32 Å². The van der Waals surface area contributed by atoms with Gasteiger partial charge in [-0.1, -0.05) is 30.3 Å². The zero-order valence-corrected chi connectivity index (χ0v) is 21.8. The molecule has 38 heavy (non-hydrogen) atoms. The maximum atomic E-state index is 14.0. The lowest BCUT2D eigenvalue weighted by atomic mass is 9.70. The van der Waals surface area contributed by atoms with Gasteiger partial charge in [-0.15, -0.1) is 0 Å². The molecule has 0 spiro atoms. The fraction of sp³-hybridized carbons (Fsp3) is 0.310. The number of esters is 1. The van der Waals surface area contributed by atoms with Crippen molar-refractivity contribution in [1.82, 2.24) is 5.32 Å². The van der Waals surface area contributed by atoms with Crippen LogP contribution in [0.1, 0.15) is 54.7 Å². The lowest BCUT2D eigenvalue weighted by molar-refractivity contribution is -0.145. The molecule has 0 saturated heterocycles. The maximum Gasteiger partial charge on any atom is 0.328 e. The number of carbonyl (C=O) groups excluding carboxylic acids is 4. The molecule has 0 aromatic heterocycles. The molecular weight excluding hydrogens is 490 g/mol. The summed E-state index contributed by atoms with van der Waals surface area (Å²) in [6.45, 7) is 7.48. The van der Waals surface area contributed by atoms with Crippen LogP contribution in [0.2, 0.25) is 0 Å². The van der Waals surface area contributed by atoms with Gasteiger partial charge in [-0.05, 0) is 40.2 Å². The Labute approximate surface area is 219 Å². The maximum absolute atomic E-state index is 14.0. The average molecular weight is 520 g/mol. The van der Waals surface area contributed by atoms with Crippen molar-refractivity contribution < 1.29 is 38.9 Å². The van der Waals surface area contributed by atoms with Crippen LogP contribution in [0.15, 0.2) is 53.4 Å². The van der Waals surface area contributed by atoms with E-state index in [1.165, 1.54) is 27.7 Å². The normalized spacial score (nSPS) is 20.1. The first-order valence-electron chi connectivity index (χ1n) is 12.2. The lowest BCUT2D eigenvalue weighted by Gasteiger charge is -2.29. The standard InChI is InChI=1S/C29H29NO8/c1-6-37-28(36)18(12-17-10-8-7-9-11-17)30-15(3)21-19(32)13-20-29(5,27(21)35)23-25(34)14(2)24(33)22(16(4)31)26(23)38-20/h7-11,13,18,30,33-34H,6,12H2,1-5H3/b21-15+/t18-,29-/m0/s1. The van der Waals surface area contributed by atoms with Crippen LogP contribution in [0.3, 0.4) is 0 Å². The van der Waals surface area contributed by atoms with Gasteiger partial charge in [-0.2, -0.15) is 0 Å². The summed E-state index contributed by atoms with van der Waals surface area (Å²) in [7, 11) is 0. The van der Waals surface area contributed by atoms with Crippen molar-refractivity contribution in [1.29, 1.82) is 0 Å². The largest absolute Gasteiger partial charge is 0.507 e. The van der Waals surface area contributed by atoms with Crippen LogP contribution in [0.25, 0.3) is 0 Å². The highest BCUT2D eigenvalue weighted by Crippen LogP contribution is 2.57. The topological polar surface area (TPSA) is 139 Å². The number of ketones is 3. The predicted octanol–water partition coefficient (Wildman–Crippen LogP) is 3.33. The molecule has 9 nitrogen and oxygen atoms in total. The number of benzene rings is 2. The van der Waals surface area contributed by atoms with Crippen LogP contribution >= 0.6 is 0 Å². The number of hydrogen-bond donors (Lipinski definition) is 3. The second-order valence-electron chi connectivity index (χ2n) is 9.53. The minimum atomic E-state index is -1.65. The summed E-state index contributed by atoms with van der Waals surface area (Å²) in [5.74, 6) is -3.50. The number of hydrogen-bond acceptors (Lipinski definition) is 9. The zero-order valence-electron chi connectivity index (χ0n) is 21.8. The first kappa shape index (κ1) is 26.7. The van der Waals surface area contributed by atoms with E-state index in [0.29, 0.717) is 0 Å². The molecule has 2 aliphatic rings. The van der Waals surface area contributed by atoms with Gasteiger partial charge in [0.1, 0.15) is 40.0 Å². The van der Waals surface area contributed by atoms with Crippen molar-refractivity contribution in [3.05, 3.63) is 75.7 Å². The van der Waals surface area contributed by atoms with E-state index in [1.54, 1.807) is 6.92 Å². The fourth-order valence-electron chi connectivity index (χ4n) is 4.98. The molecule has 2 atom stereocenters. The number of allylic oxidation sites excluding steroid dienone is 4. The summed E-state index contributed by atoms with van der Waals surface area (Å²) in [5.41, 5.74) is -1.04. The summed E-state index contributed by atoms with van der Waals surface area (Å²) >= 11 is 0. The highest BCUT2D eigenvalue weighted by atomic mass is 16.5. The number of carbonyl (C=O) groups is 4. The molecular formula is C29H29NO8. The molecule has 0 radical (unpaired) electrons. The highest BCUT2D eigenvalue weighted by Gasteiger charge is 2.56. The number of phenols is 2. The molecule has 198 valence electrons. The zero-order chi connectivity index (χ0) is 27.9. The van der Waals surface area contributed by atoms with E-state index in [0.717, 1.165) is 11.6 Å². The van der Waals surface area contributed by atoms with Gasteiger partial charge < -0.3 is 25.0 Å². The number of phenolic OH excluding ortho intramolecular Hbond substituents is 2. The summed E-state index contributed by atoms with van der Waals surface area (Å²) in [4.78, 5) is 52.3. The molecule has 0 unspecified atom stereocenters. The Morgan fingerprint density at radius 1 is 1.11 bits per heavy atom. The molecule has 9 heteroatoms. The molecule has 2 aromatic rings. The van der Waals surface area contributed by atoms with Crippen molar-refractivity contribution in [3.63, 3.8) is 0 Å². The van der Waals surface area contributed by atoms with Gasteiger partial charge >= 0.3 is 5.97 Å². The van der Waals surface area contributed by atoms with E-state index in [4.69, 9.17) is 9.47 Å². The third-order valence-corrected chi connectivity index (χ3v) is 7.00. The van der Waals surface area contributed by atoms with Crippen molar-refractivity contribution in [2.24, 2.45) is 0 Å². The Morgan fingerprint density at radius 2 is 1.76 bits per heavy atom. The number of rotatable bonds is 7. The van der Waals surface area contributed by atoms with Crippen LogP contribution in [0.5, 0.6) is 17.2 Å².